The Morgan fingerprint density at radius 3 is 3.00 bits per heavy atom. The van der Waals surface area contributed by atoms with Gasteiger partial charge in [-0.25, -0.2) is 4.98 Å². The number of nitrogens with zero attached hydrogens (tertiary/aromatic N) is 1. The summed E-state index contributed by atoms with van der Waals surface area (Å²) in [6.07, 6.45) is 2.02. The van der Waals surface area contributed by atoms with Gasteiger partial charge in [-0.2, -0.15) is 0 Å². The summed E-state index contributed by atoms with van der Waals surface area (Å²) in [4.78, 5) is 17.4. The van der Waals surface area contributed by atoms with Crippen molar-refractivity contribution in [2.24, 2.45) is 0 Å². The topological polar surface area (TPSA) is 51.2 Å². The Morgan fingerprint density at radius 2 is 2.18 bits per heavy atom. The van der Waals surface area contributed by atoms with Crippen molar-refractivity contribution in [2.75, 3.05) is 11.9 Å². The van der Waals surface area contributed by atoms with Crippen LogP contribution in [-0.2, 0) is 11.2 Å². The van der Waals surface area contributed by atoms with E-state index in [0.29, 0.717) is 0 Å². The number of aromatic nitrogens is 1. The Bertz CT molecular complexity index is 833. The lowest BCUT2D eigenvalue weighted by molar-refractivity contribution is -0.114. The first-order valence-corrected chi connectivity index (χ1v) is 8.77. The molecule has 0 saturated heterocycles. The van der Waals surface area contributed by atoms with Crippen LogP contribution in [0.15, 0.2) is 24.3 Å². The van der Waals surface area contributed by atoms with Crippen molar-refractivity contribution >= 4 is 43.8 Å². The van der Waals surface area contributed by atoms with E-state index in [9.17, 15) is 4.79 Å². The number of ether oxygens (including phenoxy) is 1. The second-order valence-corrected chi connectivity index (χ2v) is 7.31. The molecule has 1 aliphatic heterocycles. The molecule has 0 bridgehead atoms. The lowest BCUT2D eigenvalue weighted by atomic mass is 10.1. The first-order valence-electron chi connectivity index (χ1n) is 7.14. The zero-order chi connectivity index (χ0) is 15.1. The maximum atomic E-state index is 11.5. The van der Waals surface area contributed by atoms with Crippen LogP contribution in [0.1, 0.15) is 18.2 Å². The molecule has 0 saturated carbocycles. The summed E-state index contributed by atoms with van der Waals surface area (Å²) < 4.78 is 7.03. The molecule has 1 aromatic carbocycles. The molecular weight excluding hydrogens is 316 g/mol. The van der Waals surface area contributed by atoms with Crippen molar-refractivity contribution in [3.8, 4) is 16.3 Å². The second kappa shape index (κ2) is 5.37. The van der Waals surface area contributed by atoms with Crippen LogP contribution in [0.4, 0.5) is 5.00 Å². The number of fused-ring (bicyclic) bond motifs is 2. The van der Waals surface area contributed by atoms with Crippen LogP contribution in [0.5, 0.6) is 5.75 Å². The van der Waals surface area contributed by atoms with E-state index in [1.54, 1.807) is 22.7 Å². The largest absolute Gasteiger partial charge is 0.492 e. The number of anilines is 1. The molecular formula is C16H14N2O2S2. The molecule has 4 nitrogen and oxygen atoms in total. The molecule has 22 heavy (non-hydrogen) atoms. The molecule has 0 aliphatic carbocycles. The third-order valence-electron chi connectivity index (χ3n) is 3.52. The molecule has 0 radical (unpaired) electrons. The summed E-state index contributed by atoms with van der Waals surface area (Å²) in [5.41, 5.74) is 1.92. The van der Waals surface area contributed by atoms with E-state index < -0.39 is 0 Å². The smallest absolute Gasteiger partial charge is 0.221 e. The van der Waals surface area contributed by atoms with Crippen LogP contribution >= 0.6 is 22.7 Å². The number of rotatable bonds is 2. The molecule has 0 atom stereocenters. The van der Waals surface area contributed by atoms with Gasteiger partial charge in [0.25, 0.3) is 0 Å². The number of hydrogen-bond acceptors (Lipinski definition) is 5. The highest BCUT2D eigenvalue weighted by Crippen LogP contribution is 2.49. The van der Waals surface area contributed by atoms with Gasteiger partial charge in [0.05, 0.1) is 22.4 Å². The minimum Gasteiger partial charge on any atom is -0.492 e. The molecule has 6 heteroatoms. The summed E-state index contributed by atoms with van der Waals surface area (Å²) in [6, 6.07) is 8.07. The van der Waals surface area contributed by atoms with Gasteiger partial charge in [-0.3, -0.25) is 4.79 Å². The van der Waals surface area contributed by atoms with Gasteiger partial charge in [-0.1, -0.05) is 12.1 Å². The average Bonchev–Trinajstić information content (AvgIpc) is 3.06. The molecule has 0 fully saturated rings. The number of thiophene rings is 1. The highest BCUT2D eigenvalue weighted by atomic mass is 32.1. The number of para-hydroxylation sites is 1. The quantitative estimate of drug-likeness (QED) is 0.762. The SMILES string of the molecule is CC(=O)Nc1sc2c(c1-c1nc3ccccc3s1)OCCC2. The molecule has 2 aromatic heterocycles. The van der Waals surface area contributed by atoms with Gasteiger partial charge < -0.3 is 10.1 Å². The van der Waals surface area contributed by atoms with Gasteiger partial charge in [-0.15, -0.1) is 22.7 Å². The number of aryl methyl sites for hydroxylation is 1. The maximum absolute atomic E-state index is 11.5. The molecule has 0 spiro atoms. The minimum absolute atomic E-state index is 0.0686. The van der Waals surface area contributed by atoms with E-state index in [4.69, 9.17) is 9.72 Å². The van der Waals surface area contributed by atoms with Gasteiger partial charge in [0.1, 0.15) is 15.8 Å². The summed E-state index contributed by atoms with van der Waals surface area (Å²) in [5.74, 6) is 0.833. The van der Waals surface area contributed by atoms with E-state index in [2.05, 4.69) is 11.4 Å². The number of nitrogens with one attached hydrogen (secondary N) is 1. The Labute approximate surface area is 135 Å². The molecule has 1 amide bonds. The predicted octanol–water partition coefficient (Wildman–Crippen LogP) is 4.31. The molecule has 0 unspecified atom stereocenters. The Morgan fingerprint density at radius 1 is 1.32 bits per heavy atom. The van der Waals surface area contributed by atoms with Crippen molar-refractivity contribution < 1.29 is 9.53 Å². The third kappa shape index (κ3) is 2.28. The fourth-order valence-corrected chi connectivity index (χ4v) is 4.92. The van der Waals surface area contributed by atoms with Gasteiger partial charge >= 0.3 is 0 Å². The molecule has 3 aromatic rings. The minimum atomic E-state index is -0.0686. The zero-order valence-corrected chi connectivity index (χ0v) is 13.6. The van der Waals surface area contributed by atoms with Crippen LogP contribution in [-0.4, -0.2) is 17.5 Å². The number of amides is 1. The van der Waals surface area contributed by atoms with Gasteiger partial charge in [0, 0.05) is 11.8 Å². The number of carbonyl (C=O) groups excluding carboxylic acids is 1. The van der Waals surface area contributed by atoms with Crippen LogP contribution in [0.25, 0.3) is 20.8 Å². The van der Waals surface area contributed by atoms with Crippen LogP contribution in [0.2, 0.25) is 0 Å². The monoisotopic (exact) mass is 330 g/mol. The number of benzene rings is 1. The lowest BCUT2D eigenvalue weighted by Crippen LogP contribution is -2.07. The highest BCUT2D eigenvalue weighted by Gasteiger charge is 2.26. The Kier molecular flexibility index (Phi) is 3.35. The van der Waals surface area contributed by atoms with Gasteiger partial charge in [0.15, 0.2) is 0 Å². The zero-order valence-electron chi connectivity index (χ0n) is 12.0. The summed E-state index contributed by atoms with van der Waals surface area (Å²) in [5, 5.41) is 4.69. The summed E-state index contributed by atoms with van der Waals surface area (Å²) >= 11 is 3.24. The van der Waals surface area contributed by atoms with Crippen LogP contribution < -0.4 is 10.1 Å². The molecule has 1 aliphatic rings. The standard InChI is InChI=1S/C16H14N2O2S2/c1-9(19)17-15-13(14-12(22-15)7-4-8-20-14)16-18-10-5-2-3-6-11(10)21-16/h2-3,5-6H,4,7-8H2,1H3,(H,17,19). The maximum Gasteiger partial charge on any atom is 0.221 e. The van der Waals surface area contributed by atoms with E-state index in [1.165, 1.54) is 11.8 Å². The van der Waals surface area contributed by atoms with Crippen LogP contribution in [0.3, 0.4) is 0 Å². The summed E-state index contributed by atoms with van der Waals surface area (Å²) in [7, 11) is 0. The van der Waals surface area contributed by atoms with Crippen molar-refractivity contribution in [3.63, 3.8) is 0 Å². The molecule has 3 heterocycles. The van der Waals surface area contributed by atoms with E-state index >= 15 is 0 Å². The third-order valence-corrected chi connectivity index (χ3v) is 5.72. The van der Waals surface area contributed by atoms with Crippen molar-refractivity contribution in [2.45, 2.75) is 19.8 Å². The van der Waals surface area contributed by atoms with Crippen LogP contribution in [0, 0.1) is 0 Å². The second-order valence-electron chi connectivity index (χ2n) is 5.18. The lowest BCUT2D eigenvalue weighted by Gasteiger charge is -2.13. The average molecular weight is 330 g/mol. The fraction of sp³-hybridized carbons (Fsp3) is 0.250. The van der Waals surface area contributed by atoms with Crippen molar-refractivity contribution in [1.29, 1.82) is 0 Å². The first kappa shape index (κ1) is 13.7. The number of thiazole rings is 1. The van der Waals surface area contributed by atoms with Crippen molar-refractivity contribution in [1.82, 2.24) is 4.98 Å². The van der Waals surface area contributed by atoms with Crippen molar-refractivity contribution in [3.05, 3.63) is 29.1 Å². The highest BCUT2D eigenvalue weighted by molar-refractivity contribution is 7.23. The Hall–Kier alpha value is -1.92. The normalized spacial score (nSPS) is 13.7. The number of carbonyl (C=O) groups is 1. The molecule has 112 valence electrons. The van der Waals surface area contributed by atoms with Gasteiger partial charge in [0.2, 0.25) is 5.91 Å². The molecule has 4 rings (SSSR count). The van der Waals surface area contributed by atoms with E-state index in [-0.39, 0.29) is 5.91 Å². The number of hydrogen-bond donors (Lipinski definition) is 1. The van der Waals surface area contributed by atoms with E-state index in [0.717, 1.165) is 51.0 Å². The fourth-order valence-electron chi connectivity index (χ4n) is 2.61. The predicted molar refractivity (Wildman–Crippen MR) is 91.1 cm³/mol. The van der Waals surface area contributed by atoms with Gasteiger partial charge in [-0.05, 0) is 25.0 Å². The van der Waals surface area contributed by atoms with E-state index in [1.807, 2.05) is 18.2 Å². The molecule has 1 N–H and O–H groups in total. The Balaban J connectivity index is 1.91. The first-order chi connectivity index (χ1) is 10.7. The summed E-state index contributed by atoms with van der Waals surface area (Å²) in [6.45, 7) is 2.25.